The summed E-state index contributed by atoms with van der Waals surface area (Å²) < 4.78 is 0. The van der Waals surface area contributed by atoms with Crippen molar-refractivity contribution in [3.63, 3.8) is 0 Å². The van der Waals surface area contributed by atoms with E-state index in [-0.39, 0.29) is 5.78 Å². The van der Waals surface area contributed by atoms with E-state index in [4.69, 9.17) is 5.73 Å². The van der Waals surface area contributed by atoms with E-state index in [0.29, 0.717) is 18.9 Å². The fraction of sp³-hybridized carbons (Fsp3) is 0.545. The number of carbonyl (C=O) groups excluding carboxylic acids is 1. The van der Waals surface area contributed by atoms with E-state index in [2.05, 4.69) is 6.92 Å². The molecule has 14 heavy (non-hydrogen) atoms. The smallest absolute Gasteiger partial charge is 0.163 e. The van der Waals surface area contributed by atoms with Crippen molar-refractivity contribution in [2.45, 2.75) is 26.2 Å². The van der Waals surface area contributed by atoms with Gasteiger partial charge in [-0.1, -0.05) is 6.92 Å². The molecule has 3 heteroatoms. The van der Waals surface area contributed by atoms with Crippen molar-refractivity contribution in [2.24, 2.45) is 11.7 Å². The van der Waals surface area contributed by atoms with Gasteiger partial charge >= 0.3 is 0 Å². The summed E-state index contributed by atoms with van der Waals surface area (Å²) in [5.74, 6) is 0.817. The maximum Gasteiger partial charge on any atom is 0.163 e. The van der Waals surface area contributed by atoms with Gasteiger partial charge in [0.25, 0.3) is 0 Å². The first-order chi connectivity index (χ1) is 6.74. The Morgan fingerprint density at radius 1 is 1.57 bits per heavy atom. The van der Waals surface area contributed by atoms with Crippen molar-refractivity contribution in [3.8, 4) is 0 Å². The Bertz CT molecular complexity index is 269. The van der Waals surface area contributed by atoms with Crippen molar-refractivity contribution in [3.05, 3.63) is 22.4 Å². The predicted octanol–water partition coefficient (Wildman–Crippen LogP) is 2.70. The van der Waals surface area contributed by atoms with Crippen molar-refractivity contribution in [1.82, 2.24) is 0 Å². The van der Waals surface area contributed by atoms with Gasteiger partial charge in [0.2, 0.25) is 0 Å². The monoisotopic (exact) mass is 211 g/mol. The van der Waals surface area contributed by atoms with E-state index in [1.54, 1.807) is 11.3 Å². The summed E-state index contributed by atoms with van der Waals surface area (Å²) in [5, 5.41) is 3.85. The molecule has 0 saturated heterocycles. The van der Waals surface area contributed by atoms with Gasteiger partial charge < -0.3 is 5.73 Å². The predicted molar refractivity (Wildman–Crippen MR) is 60.7 cm³/mol. The lowest BCUT2D eigenvalue weighted by Crippen LogP contribution is -2.07. The molecule has 78 valence electrons. The topological polar surface area (TPSA) is 43.1 Å². The van der Waals surface area contributed by atoms with Crippen LogP contribution >= 0.6 is 11.3 Å². The number of rotatable bonds is 6. The fourth-order valence-corrected chi connectivity index (χ4v) is 2.03. The Morgan fingerprint density at radius 2 is 2.36 bits per heavy atom. The minimum Gasteiger partial charge on any atom is -0.330 e. The van der Waals surface area contributed by atoms with Gasteiger partial charge in [0, 0.05) is 17.4 Å². The molecule has 0 aliphatic heterocycles. The average molecular weight is 211 g/mol. The van der Waals surface area contributed by atoms with E-state index in [9.17, 15) is 4.79 Å². The highest BCUT2D eigenvalue weighted by atomic mass is 32.1. The first kappa shape index (κ1) is 11.4. The lowest BCUT2D eigenvalue weighted by molar-refractivity contribution is 0.0974. The molecule has 1 unspecified atom stereocenters. The molecule has 0 aliphatic rings. The minimum absolute atomic E-state index is 0.259. The maximum absolute atomic E-state index is 11.6. The number of hydrogen-bond donors (Lipinski definition) is 1. The second kappa shape index (κ2) is 5.94. The number of thiophene rings is 1. The molecule has 1 aromatic heterocycles. The van der Waals surface area contributed by atoms with Crippen LogP contribution in [0, 0.1) is 5.92 Å². The molecule has 0 bridgehead atoms. The van der Waals surface area contributed by atoms with E-state index >= 15 is 0 Å². The molecule has 0 amide bonds. The highest BCUT2D eigenvalue weighted by molar-refractivity contribution is 7.08. The number of Topliss-reactive ketones (excluding diaryl/α,β-unsaturated/α-hetero) is 1. The number of hydrogen-bond acceptors (Lipinski definition) is 3. The van der Waals surface area contributed by atoms with E-state index < -0.39 is 0 Å². The highest BCUT2D eigenvalue weighted by Crippen LogP contribution is 2.14. The molecular formula is C11H17NOS. The zero-order valence-corrected chi connectivity index (χ0v) is 9.35. The average Bonchev–Trinajstić information content (AvgIpc) is 2.67. The van der Waals surface area contributed by atoms with Gasteiger partial charge in [0.15, 0.2) is 5.78 Å². The fourth-order valence-electron chi connectivity index (χ4n) is 1.37. The normalized spacial score (nSPS) is 12.7. The summed E-state index contributed by atoms with van der Waals surface area (Å²) in [4.78, 5) is 11.6. The van der Waals surface area contributed by atoms with Crippen LogP contribution in [0.3, 0.4) is 0 Å². The Morgan fingerprint density at radius 3 is 2.93 bits per heavy atom. The van der Waals surface area contributed by atoms with Crippen LogP contribution in [0.1, 0.15) is 36.5 Å². The highest BCUT2D eigenvalue weighted by Gasteiger charge is 2.08. The van der Waals surface area contributed by atoms with E-state index in [0.717, 1.165) is 18.4 Å². The Hall–Kier alpha value is -0.670. The molecular weight excluding hydrogens is 194 g/mol. The number of nitrogens with two attached hydrogens (primary N) is 1. The summed E-state index contributed by atoms with van der Waals surface area (Å²) >= 11 is 1.57. The molecule has 0 saturated carbocycles. The van der Waals surface area contributed by atoms with Gasteiger partial charge in [-0.15, -0.1) is 0 Å². The lowest BCUT2D eigenvalue weighted by Gasteiger charge is -2.07. The summed E-state index contributed by atoms with van der Waals surface area (Å²) in [5.41, 5.74) is 6.30. The molecule has 0 radical (unpaired) electrons. The first-order valence-corrected chi connectivity index (χ1v) is 5.93. The van der Waals surface area contributed by atoms with Gasteiger partial charge in [0.1, 0.15) is 0 Å². The van der Waals surface area contributed by atoms with Crippen LogP contribution in [0.15, 0.2) is 16.8 Å². The van der Waals surface area contributed by atoms with Gasteiger partial charge in [-0.2, -0.15) is 11.3 Å². The van der Waals surface area contributed by atoms with Crippen molar-refractivity contribution < 1.29 is 4.79 Å². The Labute approximate surface area is 89.1 Å². The van der Waals surface area contributed by atoms with Crippen LogP contribution < -0.4 is 5.73 Å². The molecule has 1 rings (SSSR count). The summed E-state index contributed by atoms with van der Waals surface area (Å²) in [6, 6.07) is 1.89. The second-order valence-electron chi connectivity index (χ2n) is 3.66. The molecule has 2 nitrogen and oxygen atoms in total. The molecule has 1 atom stereocenters. The molecule has 0 aromatic carbocycles. The van der Waals surface area contributed by atoms with Crippen molar-refractivity contribution in [1.29, 1.82) is 0 Å². The Kier molecular flexibility index (Phi) is 4.84. The van der Waals surface area contributed by atoms with Gasteiger partial charge in [-0.3, -0.25) is 4.79 Å². The van der Waals surface area contributed by atoms with Crippen LogP contribution in [0.2, 0.25) is 0 Å². The van der Waals surface area contributed by atoms with Crippen molar-refractivity contribution in [2.75, 3.05) is 6.54 Å². The summed E-state index contributed by atoms with van der Waals surface area (Å²) in [6.45, 7) is 2.86. The zero-order chi connectivity index (χ0) is 10.4. The van der Waals surface area contributed by atoms with Gasteiger partial charge in [0.05, 0.1) is 0 Å². The number of ketones is 1. The van der Waals surface area contributed by atoms with Crippen molar-refractivity contribution >= 4 is 17.1 Å². The van der Waals surface area contributed by atoms with Crippen LogP contribution in [-0.4, -0.2) is 12.3 Å². The zero-order valence-electron chi connectivity index (χ0n) is 8.53. The largest absolute Gasteiger partial charge is 0.330 e. The summed E-state index contributed by atoms with van der Waals surface area (Å²) in [7, 11) is 0. The van der Waals surface area contributed by atoms with Crippen LogP contribution in [0.4, 0.5) is 0 Å². The second-order valence-corrected chi connectivity index (χ2v) is 4.44. The molecule has 1 aromatic rings. The molecule has 0 aliphatic carbocycles. The van der Waals surface area contributed by atoms with Gasteiger partial charge in [-0.05, 0) is 36.8 Å². The SMILES string of the molecule is CC(CCN)CCC(=O)c1ccsc1. The first-order valence-electron chi connectivity index (χ1n) is 4.99. The van der Waals surface area contributed by atoms with Gasteiger partial charge in [-0.25, -0.2) is 0 Å². The molecule has 1 heterocycles. The van der Waals surface area contributed by atoms with Crippen LogP contribution in [0.25, 0.3) is 0 Å². The third kappa shape index (κ3) is 3.60. The lowest BCUT2D eigenvalue weighted by atomic mass is 9.99. The maximum atomic E-state index is 11.6. The third-order valence-corrected chi connectivity index (χ3v) is 3.05. The van der Waals surface area contributed by atoms with Crippen LogP contribution in [-0.2, 0) is 0 Å². The third-order valence-electron chi connectivity index (χ3n) is 2.37. The minimum atomic E-state index is 0.259. The standard InChI is InChI=1S/C11H17NOS/c1-9(4-6-12)2-3-11(13)10-5-7-14-8-10/h5,7-9H,2-4,6,12H2,1H3. The summed E-state index contributed by atoms with van der Waals surface area (Å²) in [6.07, 6.45) is 2.61. The Balaban J connectivity index is 2.28. The van der Waals surface area contributed by atoms with E-state index in [1.807, 2.05) is 16.8 Å². The van der Waals surface area contributed by atoms with Crippen LogP contribution in [0.5, 0.6) is 0 Å². The molecule has 0 fully saturated rings. The quantitative estimate of drug-likeness (QED) is 0.735. The number of carbonyl (C=O) groups is 1. The van der Waals surface area contributed by atoms with E-state index in [1.165, 1.54) is 0 Å². The molecule has 0 spiro atoms. The molecule has 2 N–H and O–H groups in total.